The van der Waals surface area contributed by atoms with Gasteiger partial charge in [0.05, 0.1) is 12.0 Å². The zero-order valence-corrected chi connectivity index (χ0v) is 11.1. The van der Waals surface area contributed by atoms with Gasteiger partial charge in [0, 0.05) is 35.0 Å². The van der Waals surface area contributed by atoms with Gasteiger partial charge >= 0.3 is 0 Å². The van der Waals surface area contributed by atoms with Gasteiger partial charge in [-0.15, -0.1) is 0 Å². The first-order valence-electron chi connectivity index (χ1n) is 6.20. The third kappa shape index (κ3) is 3.41. The molecular formula is C14H17NO2S. The zero-order valence-electron chi connectivity index (χ0n) is 10.2. The van der Waals surface area contributed by atoms with Crippen molar-refractivity contribution in [2.75, 3.05) is 19.0 Å². The van der Waals surface area contributed by atoms with E-state index in [0.29, 0.717) is 19.0 Å². The van der Waals surface area contributed by atoms with Gasteiger partial charge in [-0.3, -0.25) is 4.21 Å². The lowest BCUT2D eigenvalue weighted by molar-refractivity contribution is 0.0992. The Labute approximate surface area is 110 Å². The van der Waals surface area contributed by atoms with Crippen LogP contribution in [0.2, 0.25) is 0 Å². The third-order valence-corrected chi connectivity index (χ3v) is 5.11. The van der Waals surface area contributed by atoms with Crippen molar-refractivity contribution in [1.82, 2.24) is 0 Å². The molecule has 1 saturated heterocycles. The molecule has 0 aliphatic carbocycles. The summed E-state index contributed by atoms with van der Waals surface area (Å²) in [4.78, 5) is 0. The minimum absolute atomic E-state index is 0.193. The standard InChI is InChI=1S/C14H17NO2S/c15-10-13(12-4-2-1-3-5-12)11-18(16)14-6-8-17-9-7-14/h1-5,13-14H,6-9,11H2. The van der Waals surface area contributed by atoms with Crippen LogP contribution in [0, 0.1) is 11.3 Å². The number of nitriles is 1. The lowest BCUT2D eigenvalue weighted by Gasteiger charge is -2.22. The number of nitrogens with zero attached hydrogens (tertiary/aromatic N) is 1. The number of hydrogen-bond acceptors (Lipinski definition) is 3. The first-order chi connectivity index (χ1) is 8.81. The molecule has 0 bridgehead atoms. The van der Waals surface area contributed by atoms with Crippen LogP contribution in [0.1, 0.15) is 24.3 Å². The van der Waals surface area contributed by atoms with Crippen LogP contribution in [0.25, 0.3) is 0 Å². The lowest BCUT2D eigenvalue weighted by Crippen LogP contribution is -2.27. The predicted octanol–water partition coefficient (Wildman–Crippen LogP) is 2.22. The van der Waals surface area contributed by atoms with E-state index in [0.717, 1.165) is 18.4 Å². The Morgan fingerprint density at radius 3 is 2.61 bits per heavy atom. The van der Waals surface area contributed by atoms with Crippen molar-refractivity contribution in [1.29, 1.82) is 5.26 Å². The first-order valence-corrected chi connectivity index (χ1v) is 7.59. The molecule has 1 aliphatic rings. The van der Waals surface area contributed by atoms with Gasteiger partial charge < -0.3 is 4.74 Å². The molecular weight excluding hydrogens is 246 g/mol. The molecule has 2 unspecified atom stereocenters. The van der Waals surface area contributed by atoms with E-state index in [2.05, 4.69) is 6.07 Å². The molecule has 2 atom stereocenters. The van der Waals surface area contributed by atoms with Crippen LogP contribution in [0.5, 0.6) is 0 Å². The summed E-state index contributed by atoms with van der Waals surface area (Å²) in [5.41, 5.74) is 0.959. The average molecular weight is 263 g/mol. The van der Waals surface area contributed by atoms with Gasteiger partial charge in [-0.2, -0.15) is 5.26 Å². The van der Waals surface area contributed by atoms with Crippen LogP contribution in [0.3, 0.4) is 0 Å². The van der Waals surface area contributed by atoms with E-state index in [1.54, 1.807) is 0 Å². The van der Waals surface area contributed by atoms with Gasteiger partial charge in [0.2, 0.25) is 0 Å². The molecule has 1 aromatic rings. The molecule has 3 nitrogen and oxygen atoms in total. The highest BCUT2D eigenvalue weighted by atomic mass is 32.2. The summed E-state index contributed by atoms with van der Waals surface area (Å²) < 4.78 is 17.5. The van der Waals surface area contributed by atoms with Crippen molar-refractivity contribution in [2.24, 2.45) is 0 Å². The summed E-state index contributed by atoms with van der Waals surface area (Å²) in [6, 6.07) is 11.9. The predicted molar refractivity (Wildman–Crippen MR) is 71.6 cm³/mol. The van der Waals surface area contributed by atoms with E-state index in [-0.39, 0.29) is 11.2 Å². The maximum atomic E-state index is 12.2. The van der Waals surface area contributed by atoms with Crippen LogP contribution < -0.4 is 0 Å². The molecule has 0 N–H and O–H groups in total. The molecule has 18 heavy (non-hydrogen) atoms. The Morgan fingerprint density at radius 1 is 1.33 bits per heavy atom. The van der Waals surface area contributed by atoms with Crippen LogP contribution in [-0.4, -0.2) is 28.4 Å². The SMILES string of the molecule is N#CC(CS(=O)C1CCOCC1)c1ccccc1. The van der Waals surface area contributed by atoms with E-state index < -0.39 is 10.8 Å². The quantitative estimate of drug-likeness (QED) is 0.837. The average Bonchev–Trinajstić information content (AvgIpc) is 2.46. The van der Waals surface area contributed by atoms with Gasteiger partial charge in [0.15, 0.2) is 0 Å². The van der Waals surface area contributed by atoms with Crippen molar-refractivity contribution in [3.05, 3.63) is 35.9 Å². The van der Waals surface area contributed by atoms with E-state index in [4.69, 9.17) is 4.74 Å². The second-order valence-electron chi connectivity index (χ2n) is 4.45. The summed E-state index contributed by atoms with van der Waals surface area (Å²) in [7, 11) is -0.939. The summed E-state index contributed by atoms with van der Waals surface area (Å²) in [5.74, 6) is 0.167. The highest BCUT2D eigenvalue weighted by molar-refractivity contribution is 7.85. The molecule has 0 spiro atoms. The van der Waals surface area contributed by atoms with Crippen molar-refractivity contribution < 1.29 is 8.95 Å². The van der Waals surface area contributed by atoms with Crippen LogP contribution in [0.4, 0.5) is 0 Å². The normalized spacial score (nSPS) is 19.9. The van der Waals surface area contributed by atoms with E-state index >= 15 is 0 Å². The smallest absolute Gasteiger partial charge is 0.0827 e. The molecule has 0 saturated carbocycles. The van der Waals surface area contributed by atoms with Crippen LogP contribution in [-0.2, 0) is 15.5 Å². The van der Waals surface area contributed by atoms with E-state index in [1.807, 2.05) is 30.3 Å². The molecule has 0 aromatic heterocycles. The van der Waals surface area contributed by atoms with Gasteiger partial charge in [-0.05, 0) is 18.4 Å². The topological polar surface area (TPSA) is 50.1 Å². The van der Waals surface area contributed by atoms with Gasteiger partial charge in [-0.25, -0.2) is 0 Å². The Morgan fingerprint density at radius 2 is 2.00 bits per heavy atom. The molecule has 0 radical (unpaired) electrons. The lowest BCUT2D eigenvalue weighted by atomic mass is 10.0. The minimum atomic E-state index is -0.939. The highest BCUT2D eigenvalue weighted by Gasteiger charge is 2.23. The fraction of sp³-hybridized carbons (Fsp3) is 0.500. The largest absolute Gasteiger partial charge is 0.381 e. The second-order valence-corrected chi connectivity index (χ2v) is 6.21. The van der Waals surface area contributed by atoms with Crippen molar-refractivity contribution in [3.63, 3.8) is 0 Å². The molecule has 1 fully saturated rings. The fourth-order valence-electron chi connectivity index (χ4n) is 2.13. The molecule has 96 valence electrons. The van der Waals surface area contributed by atoms with Gasteiger partial charge in [0.25, 0.3) is 0 Å². The molecule has 1 aliphatic heterocycles. The van der Waals surface area contributed by atoms with Crippen LogP contribution in [0.15, 0.2) is 30.3 Å². The van der Waals surface area contributed by atoms with Crippen molar-refractivity contribution >= 4 is 10.8 Å². The Kier molecular flexibility index (Phi) is 4.91. The molecule has 1 heterocycles. The monoisotopic (exact) mass is 263 g/mol. The molecule has 1 aromatic carbocycles. The third-order valence-electron chi connectivity index (χ3n) is 3.23. The van der Waals surface area contributed by atoms with E-state index in [1.165, 1.54) is 0 Å². The highest BCUT2D eigenvalue weighted by Crippen LogP contribution is 2.20. The minimum Gasteiger partial charge on any atom is -0.381 e. The Hall–Kier alpha value is -1.18. The van der Waals surface area contributed by atoms with Gasteiger partial charge in [0.1, 0.15) is 0 Å². The Bertz CT molecular complexity index is 435. The second kappa shape index (κ2) is 6.67. The summed E-state index contributed by atoms with van der Waals surface area (Å²) >= 11 is 0. The van der Waals surface area contributed by atoms with Crippen molar-refractivity contribution in [2.45, 2.75) is 24.0 Å². The summed E-state index contributed by atoms with van der Waals surface area (Å²) in [6.45, 7) is 1.39. The molecule has 2 rings (SSSR count). The number of rotatable bonds is 4. The number of hydrogen-bond donors (Lipinski definition) is 0. The zero-order chi connectivity index (χ0) is 12.8. The maximum absolute atomic E-state index is 12.2. The van der Waals surface area contributed by atoms with Crippen molar-refractivity contribution in [3.8, 4) is 6.07 Å². The summed E-state index contributed by atoms with van der Waals surface area (Å²) in [6.07, 6.45) is 1.69. The Balaban J connectivity index is 1.98. The molecule has 4 heteroatoms. The first kappa shape index (κ1) is 13.3. The molecule has 0 amide bonds. The number of benzene rings is 1. The maximum Gasteiger partial charge on any atom is 0.0827 e. The van der Waals surface area contributed by atoms with Crippen LogP contribution >= 0.6 is 0 Å². The van der Waals surface area contributed by atoms with E-state index in [9.17, 15) is 9.47 Å². The summed E-state index contributed by atoms with van der Waals surface area (Å²) in [5, 5.41) is 9.41. The fourth-order valence-corrected chi connectivity index (χ4v) is 3.72. The van der Waals surface area contributed by atoms with Gasteiger partial charge in [-0.1, -0.05) is 30.3 Å². The number of ether oxygens (including phenoxy) is 1.